The fourth-order valence-electron chi connectivity index (χ4n) is 2.87. The first-order valence-corrected chi connectivity index (χ1v) is 9.45. The van der Waals surface area contributed by atoms with Crippen LogP contribution in [0.4, 0.5) is 0 Å². The van der Waals surface area contributed by atoms with Crippen molar-refractivity contribution in [2.75, 3.05) is 6.16 Å². The van der Waals surface area contributed by atoms with Crippen LogP contribution in [0.1, 0.15) is 90.4 Å². The van der Waals surface area contributed by atoms with Crippen molar-refractivity contribution in [2.45, 2.75) is 96.1 Å². The summed E-state index contributed by atoms with van der Waals surface area (Å²) in [5.74, 6) is 0. The van der Waals surface area contributed by atoms with Gasteiger partial charge >= 0.3 is 0 Å². The molecule has 1 saturated carbocycles. The van der Waals surface area contributed by atoms with Gasteiger partial charge in [-0.1, -0.05) is 71.1 Å². The third-order valence-electron chi connectivity index (χ3n) is 4.07. The highest BCUT2D eigenvalue weighted by Crippen LogP contribution is 2.32. The molecule has 0 aromatic heterocycles. The topological polar surface area (TPSA) is 0 Å². The zero-order valence-electron chi connectivity index (χ0n) is 12.0. The predicted molar refractivity (Wildman–Crippen MR) is 82.7 cm³/mol. The second-order valence-electron chi connectivity index (χ2n) is 5.76. The third kappa shape index (κ3) is 9.06. The average Bonchev–Trinajstić information content (AvgIpc) is 2.61. The summed E-state index contributed by atoms with van der Waals surface area (Å²) in [7, 11) is 1.29. The smallest absolute Gasteiger partial charge is 0.0237 e. The quantitative estimate of drug-likeness (QED) is 0.264. The Morgan fingerprint density at radius 1 is 0.765 bits per heavy atom. The van der Waals surface area contributed by atoms with Crippen LogP contribution in [0.3, 0.4) is 0 Å². The van der Waals surface area contributed by atoms with Crippen LogP contribution in [-0.2, 0) is 0 Å². The van der Waals surface area contributed by atoms with Crippen LogP contribution in [0.2, 0.25) is 0 Å². The first-order chi connectivity index (χ1) is 8.43. The lowest BCUT2D eigenvalue weighted by Crippen LogP contribution is -1.99. The van der Waals surface area contributed by atoms with Gasteiger partial charge in [-0.25, -0.2) is 0 Å². The minimum atomic E-state index is 1.12. The van der Waals surface area contributed by atoms with E-state index in [1.165, 1.54) is 79.2 Å². The molecule has 0 radical (unpaired) electrons. The molecule has 0 aromatic carbocycles. The fourth-order valence-corrected chi connectivity index (χ4v) is 4.55. The highest BCUT2D eigenvalue weighted by atomic mass is 31.1. The number of hydrogen-bond acceptors (Lipinski definition) is 0. The zero-order valence-corrected chi connectivity index (χ0v) is 13.0. The lowest BCUT2D eigenvalue weighted by molar-refractivity contribution is 0.602. The van der Waals surface area contributed by atoms with Crippen molar-refractivity contribution in [3.05, 3.63) is 0 Å². The maximum absolute atomic E-state index is 2.30. The first kappa shape index (κ1) is 15.5. The van der Waals surface area contributed by atoms with Crippen molar-refractivity contribution in [3.63, 3.8) is 0 Å². The largest absolute Gasteiger partial charge is 0.119 e. The highest BCUT2D eigenvalue weighted by Gasteiger charge is 2.11. The van der Waals surface area contributed by atoms with E-state index >= 15 is 0 Å². The van der Waals surface area contributed by atoms with E-state index in [0.29, 0.717) is 0 Å². The van der Waals surface area contributed by atoms with Gasteiger partial charge in [0.05, 0.1) is 0 Å². The summed E-state index contributed by atoms with van der Waals surface area (Å²) in [5.41, 5.74) is 1.12. The van der Waals surface area contributed by atoms with Crippen molar-refractivity contribution >= 4 is 8.58 Å². The van der Waals surface area contributed by atoms with Gasteiger partial charge in [0.2, 0.25) is 0 Å². The van der Waals surface area contributed by atoms with Gasteiger partial charge in [-0.3, -0.25) is 0 Å². The van der Waals surface area contributed by atoms with Gasteiger partial charge in [-0.15, -0.1) is 8.58 Å². The lowest BCUT2D eigenvalue weighted by atomic mass is 10.1. The van der Waals surface area contributed by atoms with Crippen LogP contribution in [0, 0.1) is 0 Å². The van der Waals surface area contributed by atoms with Gasteiger partial charge in [0.15, 0.2) is 0 Å². The summed E-state index contributed by atoms with van der Waals surface area (Å²) in [6, 6.07) is 0. The summed E-state index contributed by atoms with van der Waals surface area (Å²) in [6.45, 7) is 2.30. The zero-order chi connectivity index (χ0) is 12.2. The molecule has 102 valence electrons. The molecule has 0 heterocycles. The van der Waals surface area contributed by atoms with Gasteiger partial charge in [0.1, 0.15) is 0 Å². The van der Waals surface area contributed by atoms with E-state index in [-0.39, 0.29) is 0 Å². The minimum Gasteiger partial charge on any atom is -0.119 e. The van der Waals surface area contributed by atoms with E-state index in [1.54, 1.807) is 19.0 Å². The summed E-state index contributed by atoms with van der Waals surface area (Å²) in [5, 5.41) is 0. The standard InChI is InChI=1S/C16H33P/c1-2-3-4-5-6-9-12-15-17-16-13-10-7-8-11-14-16/h16-17H,2-15H2,1H3. The monoisotopic (exact) mass is 256 g/mol. The molecule has 1 unspecified atom stereocenters. The van der Waals surface area contributed by atoms with Crippen molar-refractivity contribution < 1.29 is 0 Å². The van der Waals surface area contributed by atoms with E-state index in [2.05, 4.69) is 6.92 Å². The summed E-state index contributed by atoms with van der Waals surface area (Å²) >= 11 is 0. The van der Waals surface area contributed by atoms with Crippen LogP contribution < -0.4 is 0 Å². The van der Waals surface area contributed by atoms with Crippen molar-refractivity contribution in [2.24, 2.45) is 0 Å². The lowest BCUT2D eigenvalue weighted by Gasteiger charge is -2.13. The predicted octanol–water partition coefficient (Wildman–Crippen LogP) is 6.14. The molecule has 17 heavy (non-hydrogen) atoms. The Balaban J connectivity index is 1.82. The Kier molecular flexibility index (Phi) is 10.5. The van der Waals surface area contributed by atoms with Crippen molar-refractivity contribution in [3.8, 4) is 0 Å². The van der Waals surface area contributed by atoms with E-state index in [4.69, 9.17) is 0 Å². The second kappa shape index (κ2) is 11.5. The highest BCUT2D eigenvalue weighted by molar-refractivity contribution is 7.38. The van der Waals surface area contributed by atoms with Crippen LogP contribution in [0.25, 0.3) is 0 Å². The molecule has 0 spiro atoms. The first-order valence-electron chi connectivity index (χ1n) is 8.17. The molecule has 0 aromatic rings. The van der Waals surface area contributed by atoms with Crippen LogP contribution in [0.15, 0.2) is 0 Å². The normalized spacial score (nSPS) is 18.9. The molecule has 0 amide bonds. The molecule has 1 aliphatic carbocycles. The van der Waals surface area contributed by atoms with Crippen LogP contribution >= 0.6 is 8.58 Å². The van der Waals surface area contributed by atoms with Gasteiger partial charge in [0.25, 0.3) is 0 Å². The van der Waals surface area contributed by atoms with E-state index in [9.17, 15) is 0 Å². The van der Waals surface area contributed by atoms with Crippen molar-refractivity contribution in [1.29, 1.82) is 0 Å². The second-order valence-corrected chi connectivity index (χ2v) is 7.49. The molecule has 0 aliphatic heterocycles. The molecule has 0 nitrogen and oxygen atoms in total. The molecule has 1 heteroatoms. The molecule has 0 saturated heterocycles. The van der Waals surface area contributed by atoms with E-state index in [1.807, 2.05) is 0 Å². The molecule has 0 N–H and O–H groups in total. The SMILES string of the molecule is CCCCCCCCCPC1CCCCCC1. The summed E-state index contributed by atoms with van der Waals surface area (Å²) < 4.78 is 0. The number of hydrogen-bond donors (Lipinski definition) is 0. The minimum absolute atomic E-state index is 1.12. The van der Waals surface area contributed by atoms with Gasteiger partial charge in [-0.05, 0) is 31.1 Å². The third-order valence-corrected chi connectivity index (χ3v) is 5.87. The average molecular weight is 256 g/mol. The molecule has 0 bridgehead atoms. The van der Waals surface area contributed by atoms with E-state index < -0.39 is 0 Å². The Hall–Kier alpha value is 0.430. The Morgan fingerprint density at radius 2 is 1.35 bits per heavy atom. The Labute approximate surface area is 111 Å². The van der Waals surface area contributed by atoms with Crippen LogP contribution in [-0.4, -0.2) is 11.8 Å². The van der Waals surface area contributed by atoms with Crippen molar-refractivity contribution in [1.82, 2.24) is 0 Å². The van der Waals surface area contributed by atoms with E-state index in [0.717, 1.165) is 5.66 Å². The summed E-state index contributed by atoms with van der Waals surface area (Å²) in [4.78, 5) is 0. The number of unbranched alkanes of at least 4 members (excludes halogenated alkanes) is 6. The molecule has 1 rings (SSSR count). The molecule has 1 aliphatic rings. The number of rotatable bonds is 9. The fraction of sp³-hybridized carbons (Fsp3) is 1.00. The maximum Gasteiger partial charge on any atom is -0.0237 e. The Morgan fingerprint density at radius 3 is 2.00 bits per heavy atom. The Bertz CT molecular complexity index is 148. The van der Waals surface area contributed by atoms with Gasteiger partial charge in [0, 0.05) is 0 Å². The van der Waals surface area contributed by atoms with Gasteiger partial charge in [-0.2, -0.15) is 0 Å². The molecular weight excluding hydrogens is 223 g/mol. The van der Waals surface area contributed by atoms with Gasteiger partial charge < -0.3 is 0 Å². The maximum atomic E-state index is 2.30. The molecule has 1 fully saturated rings. The molecular formula is C16H33P. The van der Waals surface area contributed by atoms with Crippen LogP contribution in [0.5, 0.6) is 0 Å². The summed E-state index contributed by atoms with van der Waals surface area (Å²) in [6.07, 6.45) is 21.0. The molecule has 1 atom stereocenters.